The number of aromatic nitrogens is 1. The number of hydrogen-bond donors (Lipinski definition) is 9. The van der Waals surface area contributed by atoms with E-state index in [2.05, 4.69) is 20.9 Å². The molecule has 14 heteroatoms. The number of carbonyl (C=O) groups is 5. The first-order chi connectivity index (χ1) is 17.1. The summed E-state index contributed by atoms with van der Waals surface area (Å²) >= 11 is 0. The van der Waals surface area contributed by atoms with E-state index in [1.54, 1.807) is 30.5 Å². The number of carboxylic acids is 2. The zero-order valence-electron chi connectivity index (χ0n) is 19.1. The van der Waals surface area contributed by atoms with E-state index in [1.807, 2.05) is 0 Å². The lowest BCUT2D eigenvalue weighted by Crippen LogP contribution is -2.58. The van der Waals surface area contributed by atoms with Crippen LogP contribution in [0, 0.1) is 0 Å². The Labute approximate surface area is 204 Å². The van der Waals surface area contributed by atoms with Gasteiger partial charge in [0.25, 0.3) is 0 Å². The van der Waals surface area contributed by atoms with Crippen LogP contribution in [-0.4, -0.2) is 92.5 Å². The summed E-state index contributed by atoms with van der Waals surface area (Å²) in [6, 6.07) is 1.35. The molecule has 0 saturated carbocycles. The predicted molar refractivity (Wildman–Crippen MR) is 124 cm³/mol. The standard InChI is InChI=1S/C22H29N5O9/c23-13(9-28)19(32)25-15(5-6-18(30)31)20(33)27-17(10-29)21(34)26-16(22(35)36)7-11-8-24-14-4-2-1-3-12(11)14/h1-4,8,13,15-17,24,28-29H,5-7,9-10,23H2,(H,25,32)(H,26,34)(H,27,33)(H,30,31)(H,35,36). The van der Waals surface area contributed by atoms with Gasteiger partial charge in [-0.05, 0) is 18.1 Å². The second-order valence-corrected chi connectivity index (χ2v) is 7.99. The Morgan fingerprint density at radius 3 is 2.08 bits per heavy atom. The van der Waals surface area contributed by atoms with Crippen molar-refractivity contribution in [3.05, 3.63) is 36.0 Å². The number of H-pyrrole nitrogens is 1. The minimum atomic E-state index is -1.60. The number of aromatic amines is 1. The van der Waals surface area contributed by atoms with Crippen molar-refractivity contribution in [1.29, 1.82) is 0 Å². The van der Waals surface area contributed by atoms with E-state index in [1.165, 1.54) is 0 Å². The fourth-order valence-electron chi connectivity index (χ4n) is 3.36. The molecular weight excluding hydrogens is 478 g/mol. The second-order valence-electron chi connectivity index (χ2n) is 7.99. The highest BCUT2D eigenvalue weighted by Crippen LogP contribution is 2.19. The van der Waals surface area contributed by atoms with Crippen LogP contribution >= 0.6 is 0 Å². The van der Waals surface area contributed by atoms with Crippen molar-refractivity contribution >= 4 is 40.6 Å². The number of aliphatic hydroxyl groups excluding tert-OH is 2. The average molecular weight is 508 g/mol. The van der Waals surface area contributed by atoms with Crippen molar-refractivity contribution in [2.75, 3.05) is 13.2 Å². The number of benzene rings is 1. The molecule has 0 bridgehead atoms. The summed E-state index contributed by atoms with van der Waals surface area (Å²) in [5.74, 6) is -5.55. The number of aliphatic hydroxyl groups is 2. The van der Waals surface area contributed by atoms with Gasteiger partial charge < -0.3 is 47.1 Å². The first-order valence-electron chi connectivity index (χ1n) is 10.9. The summed E-state index contributed by atoms with van der Waals surface area (Å²) in [5, 5.41) is 44.5. The molecule has 1 aromatic heterocycles. The van der Waals surface area contributed by atoms with Gasteiger partial charge in [-0.15, -0.1) is 0 Å². The van der Waals surface area contributed by atoms with E-state index in [0.717, 1.165) is 10.9 Å². The summed E-state index contributed by atoms with van der Waals surface area (Å²) < 4.78 is 0. The van der Waals surface area contributed by atoms with Crippen molar-refractivity contribution in [2.45, 2.75) is 43.4 Å². The van der Waals surface area contributed by atoms with E-state index in [9.17, 15) is 34.2 Å². The third-order valence-corrected chi connectivity index (χ3v) is 5.34. The smallest absolute Gasteiger partial charge is 0.326 e. The van der Waals surface area contributed by atoms with Crippen LogP contribution in [0.5, 0.6) is 0 Å². The highest BCUT2D eigenvalue weighted by Gasteiger charge is 2.30. The Morgan fingerprint density at radius 1 is 0.861 bits per heavy atom. The number of nitrogens with two attached hydrogens (primary N) is 1. The molecule has 196 valence electrons. The molecule has 4 atom stereocenters. The molecule has 0 aliphatic rings. The molecule has 0 aliphatic carbocycles. The predicted octanol–water partition coefficient (Wildman–Crippen LogP) is -2.57. The van der Waals surface area contributed by atoms with Crippen LogP contribution in [0.25, 0.3) is 10.9 Å². The van der Waals surface area contributed by atoms with Crippen LogP contribution in [0.2, 0.25) is 0 Å². The van der Waals surface area contributed by atoms with E-state index in [0.29, 0.717) is 5.56 Å². The van der Waals surface area contributed by atoms with Crippen LogP contribution in [0.15, 0.2) is 30.5 Å². The topological polar surface area (TPSA) is 244 Å². The molecule has 0 radical (unpaired) electrons. The van der Waals surface area contributed by atoms with Crippen molar-refractivity contribution < 1.29 is 44.4 Å². The van der Waals surface area contributed by atoms with Crippen molar-refractivity contribution in [3.8, 4) is 0 Å². The monoisotopic (exact) mass is 507 g/mol. The van der Waals surface area contributed by atoms with Gasteiger partial charge in [-0.2, -0.15) is 0 Å². The summed E-state index contributed by atoms with van der Waals surface area (Å²) in [6.45, 7) is -1.64. The third kappa shape index (κ3) is 7.76. The van der Waals surface area contributed by atoms with Crippen LogP contribution in [0.4, 0.5) is 0 Å². The summed E-state index contributed by atoms with van der Waals surface area (Å²) in [7, 11) is 0. The molecule has 0 fully saturated rings. The Kier molecular flexibility index (Phi) is 10.3. The minimum Gasteiger partial charge on any atom is -0.481 e. The highest BCUT2D eigenvalue weighted by molar-refractivity contribution is 5.94. The molecular formula is C22H29N5O9. The largest absolute Gasteiger partial charge is 0.481 e. The fourth-order valence-corrected chi connectivity index (χ4v) is 3.36. The molecule has 2 rings (SSSR count). The maximum Gasteiger partial charge on any atom is 0.326 e. The number of nitrogens with one attached hydrogen (secondary N) is 4. The molecule has 4 unspecified atom stereocenters. The van der Waals surface area contributed by atoms with Gasteiger partial charge in [-0.3, -0.25) is 19.2 Å². The molecule has 0 aliphatic heterocycles. The number of para-hydroxylation sites is 1. The van der Waals surface area contributed by atoms with Crippen molar-refractivity contribution in [3.63, 3.8) is 0 Å². The van der Waals surface area contributed by atoms with E-state index >= 15 is 0 Å². The van der Waals surface area contributed by atoms with Gasteiger partial charge in [0.2, 0.25) is 17.7 Å². The highest BCUT2D eigenvalue weighted by atomic mass is 16.4. The lowest BCUT2D eigenvalue weighted by Gasteiger charge is -2.24. The number of amides is 3. The van der Waals surface area contributed by atoms with E-state index in [4.69, 9.17) is 15.9 Å². The Morgan fingerprint density at radius 2 is 1.47 bits per heavy atom. The normalized spacial score (nSPS) is 14.3. The Hall–Kier alpha value is -4.01. The molecule has 14 nitrogen and oxygen atoms in total. The van der Waals surface area contributed by atoms with Gasteiger partial charge in [0, 0.05) is 29.9 Å². The van der Waals surface area contributed by atoms with Gasteiger partial charge in [0.1, 0.15) is 24.2 Å². The van der Waals surface area contributed by atoms with Crippen LogP contribution in [0.3, 0.4) is 0 Å². The quantitative estimate of drug-likeness (QED) is 0.129. The third-order valence-electron chi connectivity index (χ3n) is 5.34. The maximum absolute atomic E-state index is 12.7. The molecule has 10 N–H and O–H groups in total. The van der Waals surface area contributed by atoms with Gasteiger partial charge in [-0.1, -0.05) is 18.2 Å². The van der Waals surface area contributed by atoms with Crippen LogP contribution in [0.1, 0.15) is 18.4 Å². The molecule has 0 spiro atoms. The first-order valence-corrected chi connectivity index (χ1v) is 10.9. The number of carbonyl (C=O) groups excluding carboxylic acids is 3. The van der Waals surface area contributed by atoms with E-state index < -0.39 is 73.5 Å². The Balaban J connectivity index is 2.10. The molecule has 3 amide bonds. The zero-order valence-corrected chi connectivity index (χ0v) is 19.1. The molecule has 0 saturated heterocycles. The number of carboxylic acid groups (broad SMARTS) is 2. The summed E-state index contributed by atoms with van der Waals surface area (Å²) in [5.41, 5.74) is 6.80. The van der Waals surface area contributed by atoms with Crippen LogP contribution < -0.4 is 21.7 Å². The van der Waals surface area contributed by atoms with Crippen LogP contribution in [-0.2, 0) is 30.4 Å². The van der Waals surface area contributed by atoms with Gasteiger partial charge in [0.05, 0.1) is 13.2 Å². The zero-order chi connectivity index (χ0) is 26.8. The number of hydrogen-bond acceptors (Lipinski definition) is 8. The molecule has 2 aromatic rings. The minimum absolute atomic E-state index is 0.0898. The molecule has 1 heterocycles. The average Bonchev–Trinajstić information content (AvgIpc) is 3.26. The lowest BCUT2D eigenvalue weighted by atomic mass is 10.0. The molecule has 1 aromatic carbocycles. The van der Waals surface area contributed by atoms with Crippen molar-refractivity contribution in [2.24, 2.45) is 5.73 Å². The Bertz CT molecular complexity index is 1100. The number of rotatable bonds is 14. The van der Waals surface area contributed by atoms with Crippen molar-refractivity contribution in [1.82, 2.24) is 20.9 Å². The molecule has 36 heavy (non-hydrogen) atoms. The summed E-state index contributed by atoms with van der Waals surface area (Å²) in [4.78, 5) is 63.0. The first kappa shape index (κ1) is 28.2. The maximum atomic E-state index is 12.7. The van der Waals surface area contributed by atoms with Gasteiger partial charge >= 0.3 is 11.9 Å². The van der Waals surface area contributed by atoms with Gasteiger partial charge in [0.15, 0.2) is 0 Å². The lowest BCUT2D eigenvalue weighted by molar-refractivity contribution is -0.142. The number of fused-ring (bicyclic) bond motifs is 1. The van der Waals surface area contributed by atoms with E-state index in [-0.39, 0.29) is 12.8 Å². The number of aliphatic carboxylic acids is 2. The fraction of sp³-hybridized carbons (Fsp3) is 0.409. The second kappa shape index (κ2) is 13.2. The van der Waals surface area contributed by atoms with Gasteiger partial charge in [-0.25, -0.2) is 4.79 Å². The SMILES string of the molecule is NC(CO)C(=O)NC(CCC(=O)O)C(=O)NC(CO)C(=O)NC(Cc1c[nH]c2ccccc12)C(=O)O. The summed E-state index contributed by atoms with van der Waals surface area (Å²) in [6.07, 6.45) is 0.635.